The highest BCUT2D eigenvalue weighted by atomic mass is 16.5. The fourth-order valence-electron chi connectivity index (χ4n) is 2.24. The number of nitrogens with one attached hydrogen (secondary N) is 3. The molecule has 0 aliphatic rings. The predicted molar refractivity (Wildman–Crippen MR) is 98.3 cm³/mol. The lowest BCUT2D eigenvalue weighted by molar-refractivity contribution is -0.126. The Bertz CT molecular complexity index is 808. The van der Waals surface area contributed by atoms with Crippen LogP contribution in [0.4, 0.5) is 0 Å². The number of carbonyl (C=O) groups is 3. The van der Waals surface area contributed by atoms with E-state index in [9.17, 15) is 14.4 Å². The quantitative estimate of drug-likeness (QED) is 0.625. The van der Waals surface area contributed by atoms with Gasteiger partial charge in [-0.25, -0.2) is 0 Å². The Morgan fingerprint density at radius 3 is 2.22 bits per heavy atom. The molecule has 2 rings (SSSR count). The summed E-state index contributed by atoms with van der Waals surface area (Å²) in [6, 6.07) is 13.8. The third-order valence-corrected chi connectivity index (χ3v) is 3.61. The highest BCUT2D eigenvalue weighted by Gasteiger charge is 2.12. The van der Waals surface area contributed by atoms with Crippen molar-refractivity contribution in [3.05, 3.63) is 59.7 Å². The smallest absolute Gasteiger partial charge is 0.269 e. The second kappa shape index (κ2) is 9.81. The zero-order valence-corrected chi connectivity index (χ0v) is 15.1. The van der Waals surface area contributed by atoms with E-state index in [0.717, 1.165) is 5.56 Å². The van der Waals surface area contributed by atoms with Crippen LogP contribution in [0.5, 0.6) is 11.5 Å². The molecule has 2 aromatic carbocycles. The average Bonchev–Trinajstić information content (AvgIpc) is 2.70. The summed E-state index contributed by atoms with van der Waals surface area (Å²) in [6.07, 6.45) is 0.173. The van der Waals surface area contributed by atoms with Crippen molar-refractivity contribution in [1.29, 1.82) is 0 Å². The van der Waals surface area contributed by atoms with Crippen molar-refractivity contribution in [3.8, 4) is 11.5 Å². The molecule has 0 heterocycles. The van der Waals surface area contributed by atoms with Gasteiger partial charge in [-0.1, -0.05) is 30.3 Å². The van der Waals surface area contributed by atoms with Gasteiger partial charge < -0.3 is 14.8 Å². The zero-order valence-electron chi connectivity index (χ0n) is 15.1. The van der Waals surface area contributed by atoms with Crippen LogP contribution in [0.25, 0.3) is 0 Å². The molecule has 0 bridgehead atoms. The predicted octanol–water partition coefficient (Wildman–Crippen LogP) is 0.824. The van der Waals surface area contributed by atoms with Gasteiger partial charge in [-0.15, -0.1) is 0 Å². The van der Waals surface area contributed by atoms with E-state index in [1.165, 1.54) is 26.4 Å². The molecule has 0 aliphatic carbocycles. The summed E-state index contributed by atoms with van der Waals surface area (Å²) in [7, 11) is 2.95. The normalized spacial score (nSPS) is 9.85. The van der Waals surface area contributed by atoms with Crippen molar-refractivity contribution in [2.75, 3.05) is 20.8 Å². The molecule has 0 atom stereocenters. The summed E-state index contributed by atoms with van der Waals surface area (Å²) < 4.78 is 10.2. The van der Waals surface area contributed by atoms with Crippen LogP contribution in [0.2, 0.25) is 0 Å². The maximum Gasteiger partial charge on any atom is 0.269 e. The van der Waals surface area contributed by atoms with E-state index in [4.69, 9.17) is 9.47 Å². The first-order valence-corrected chi connectivity index (χ1v) is 8.15. The Hall–Kier alpha value is -3.55. The van der Waals surface area contributed by atoms with Gasteiger partial charge in [0, 0.05) is 5.56 Å². The molecule has 8 heteroatoms. The molecule has 0 fully saturated rings. The lowest BCUT2D eigenvalue weighted by atomic mass is 10.1. The molecule has 2 aromatic rings. The molecule has 142 valence electrons. The standard InChI is InChI=1S/C19H21N3O5/c1-26-15-9-8-14(11-16(15)27-2)19(25)22-21-18(24)12-20-17(23)10-13-6-4-3-5-7-13/h3-9,11H,10,12H2,1-2H3,(H,20,23)(H,21,24)(H,22,25). The molecule has 3 N–H and O–H groups in total. The third kappa shape index (κ3) is 6.03. The fourth-order valence-corrected chi connectivity index (χ4v) is 2.24. The van der Waals surface area contributed by atoms with Gasteiger partial charge in [0.2, 0.25) is 5.91 Å². The largest absolute Gasteiger partial charge is 0.493 e. The van der Waals surface area contributed by atoms with Crippen molar-refractivity contribution in [2.24, 2.45) is 0 Å². The summed E-state index contributed by atoms with van der Waals surface area (Å²) in [5, 5.41) is 2.49. The van der Waals surface area contributed by atoms with Gasteiger partial charge in [-0.3, -0.25) is 25.2 Å². The third-order valence-electron chi connectivity index (χ3n) is 3.61. The zero-order chi connectivity index (χ0) is 19.6. The Balaban J connectivity index is 1.78. The summed E-state index contributed by atoms with van der Waals surface area (Å²) in [4.78, 5) is 35.7. The SMILES string of the molecule is COc1ccc(C(=O)NNC(=O)CNC(=O)Cc2ccccc2)cc1OC. The Kier molecular flexibility index (Phi) is 7.18. The lowest BCUT2D eigenvalue weighted by Gasteiger charge is -2.11. The molecule has 0 radical (unpaired) electrons. The van der Waals surface area contributed by atoms with Crippen LogP contribution in [0.15, 0.2) is 48.5 Å². The molecule has 0 saturated heterocycles. The monoisotopic (exact) mass is 371 g/mol. The van der Waals surface area contributed by atoms with Crippen LogP contribution in [-0.4, -0.2) is 38.5 Å². The minimum absolute atomic E-state index is 0.173. The minimum atomic E-state index is -0.551. The van der Waals surface area contributed by atoms with Crippen molar-refractivity contribution in [2.45, 2.75) is 6.42 Å². The molecule has 27 heavy (non-hydrogen) atoms. The van der Waals surface area contributed by atoms with Gasteiger partial charge in [0.25, 0.3) is 11.8 Å². The topological polar surface area (TPSA) is 106 Å². The number of amides is 3. The maximum atomic E-state index is 12.1. The van der Waals surface area contributed by atoms with Crippen LogP contribution >= 0.6 is 0 Å². The molecule has 0 aliphatic heterocycles. The van der Waals surface area contributed by atoms with Crippen LogP contribution in [0.3, 0.4) is 0 Å². The Morgan fingerprint density at radius 1 is 0.852 bits per heavy atom. The maximum absolute atomic E-state index is 12.1. The number of hydrazine groups is 1. The molecule has 0 saturated carbocycles. The molecular weight excluding hydrogens is 350 g/mol. The highest BCUT2D eigenvalue weighted by molar-refractivity contribution is 5.96. The van der Waals surface area contributed by atoms with Crippen LogP contribution in [0.1, 0.15) is 15.9 Å². The van der Waals surface area contributed by atoms with Crippen molar-refractivity contribution < 1.29 is 23.9 Å². The van der Waals surface area contributed by atoms with Crippen LogP contribution in [0, 0.1) is 0 Å². The van der Waals surface area contributed by atoms with E-state index in [2.05, 4.69) is 16.2 Å². The summed E-state index contributed by atoms with van der Waals surface area (Å²) in [5.41, 5.74) is 5.64. The van der Waals surface area contributed by atoms with E-state index >= 15 is 0 Å². The summed E-state index contributed by atoms with van der Waals surface area (Å²) in [5.74, 6) is -0.489. The number of ether oxygens (including phenoxy) is 2. The van der Waals surface area contributed by atoms with Crippen molar-refractivity contribution >= 4 is 17.7 Å². The number of hydrogen-bond donors (Lipinski definition) is 3. The minimum Gasteiger partial charge on any atom is -0.493 e. The number of rotatable bonds is 7. The van der Waals surface area contributed by atoms with Crippen molar-refractivity contribution in [3.63, 3.8) is 0 Å². The number of carbonyl (C=O) groups excluding carboxylic acids is 3. The molecule has 8 nitrogen and oxygen atoms in total. The molecule has 0 aromatic heterocycles. The van der Waals surface area contributed by atoms with Gasteiger partial charge in [0.1, 0.15) is 0 Å². The van der Waals surface area contributed by atoms with Gasteiger partial charge in [-0.05, 0) is 23.8 Å². The Morgan fingerprint density at radius 2 is 1.56 bits per heavy atom. The lowest BCUT2D eigenvalue weighted by Crippen LogP contribution is -2.46. The average molecular weight is 371 g/mol. The van der Waals surface area contributed by atoms with Crippen molar-refractivity contribution in [1.82, 2.24) is 16.2 Å². The van der Waals surface area contributed by atoms with E-state index in [0.29, 0.717) is 11.5 Å². The van der Waals surface area contributed by atoms with E-state index < -0.39 is 11.8 Å². The van der Waals surface area contributed by atoms with Gasteiger partial charge >= 0.3 is 0 Å². The first-order chi connectivity index (χ1) is 13.0. The molecule has 0 unspecified atom stereocenters. The number of methoxy groups -OCH3 is 2. The molecular formula is C19H21N3O5. The van der Waals surface area contributed by atoms with Gasteiger partial charge in [0.15, 0.2) is 11.5 Å². The fraction of sp³-hybridized carbons (Fsp3) is 0.211. The highest BCUT2D eigenvalue weighted by Crippen LogP contribution is 2.27. The van der Waals surface area contributed by atoms with E-state index in [1.54, 1.807) is 6.07 Å². The van der Waals surface area contributed by atoms with E-state index in [1.807, 2.05) is 30.3 Å². The van der Waals surface area contributed by atoms with Crippen LogP contribution < -0.4 is 25.6 Å². The number of benzene rings is 2. The molecule has 3 amide bonds. The van der Waals surface area contributed by atoms with Gasteiger partial charge in [-0.2, -0.15) is 0 Å². The Labute approximate surface area is 156 Å². The second-order valence-corrected chi connectivity index (χ2v) is 5.51. The molecule has 0 spiro atoms. The van der Waals surface area contributed by atoms with E-state index in [-0.39, 0.29) is 24.4 Å². The summed E-state index contributed by atoms with van der Waals surface area (Å²) >= 11 is 0. The summed E-state index contributed by atoms with van der Waals surface area (Å²) in [6.45, 7) is -0.252. The number of hydrogen-bond acceptors (Lipinski definition) is 5. The van der Waals surface area contributed by atoms with Gasteiger partial charge in [0.05, 0.1) is 27.2 Å². The second-order valence-electron chi connectivity index (χ2n) is 5.51. The van der Waals surface area contributed by atoms with Crippen LogP contribution in [-0.2, 0) is 16.0 Å². The first-order valence-electron chi connectivity index (χ1n) is 8.15. The first kappa shape index (κ1) is 19.8.